The number of halogens is 2. The largest absolute Gasteiger partial charge is 0.430 e. The molecule has 1 N–H and O–H groups in total. The number of rotatable bonds is 3. The maximum atomic E-state index is 12.5. The van der Waals surface area contributed by atoms with Crippen LogP contribution in [0.1, 0.15) is 0 Å². The Hall–Kier alpha value is -0.930. The van der Waals surface area contributed by atoms with Gasteiger partial charge >= 0.3 is 5.85 Å². The van der Waals surface area contributed by atoms with Gasteiger partial charge < -0.3 is 14.7 Å². The van der Waals surface area contributed by atoms with E-state index < -0.39 is 5.85 Å². The number of nitrogens with zero attached hydrogens (tertiary/aromatic N) is 1. The first kappa shape index (κ1) is 11.6. The van der Waals surface area contributed by atoms with Crippen molar-refractivity contribution in [2.45, 2.75) is 12.0 Å². The number of aliphatic hydroxyl groups excluding tert-OH is 1. The first-order valence-corrected chi connectivity index (χ1v) is 5.40. The summed E-state index contributed by atoms with van der Waals surface area (Å²) in [5.74, 6) is -3.13. The summed E-state index contributed by atoms with van der Waals surface area (Å²) in [5, 5.41) is 9.12. The molecule has 2 rings (SSSR count). The SMILES string of the molecule is OC1CN(c2ccc(OC(F)(F)P)cc2)C1. The first-order chi connectivity index (χ1) is 7.44. The predicted octanol–water partition coefficient (Wildman–Crippen LogP) is 1.67. The van der Waals surface area contributed by atoms with E-state index in [2.05, 4.69) is 4.74 Å². The van der Waals surface area contributed by atoms with Crippen molar-refractivity contribution in [3.63, 3.8) is 0 Å². The van der Waals surface area contributed by atoms with Crippen LogP contribution >= 0.6 is 9.24 Å². The molecule has 1 fully saturated rings. The second-order valence-electron chi connectivity index (χ2n) is 3.72. The third-order valence-electron chi connectivity index (χ3n) is 2.32. The lowest BCUT2D eigenvalue weighted by Gasteiger charge is -2.37. The molecule has 0 aliphatic carbocycles. The van der Waals surface area contributed by atoms with Gasteiger partial charge in [-0.2, -0.15) is 8.78 Å². The maximum absolute atomic E-state index is 12.5. The minimum Gasteiger partial charge on any atom is -0.430 e. The van der Waals surface area contributed by atoms with Gasteiger partial charge in [0.15, 0.2) is 0 Å². The highest BCUT2D eigenvalue weighted by molar-refractivity contribution is 7.17. The Bertz CT molecular complexity index is 360. The van der Waals surface area contributed by atoms with Gasteiger partial charge in [-0.05, 0) is 33.5 Å². The molecule has 1 unspecified atom stereocenters. The van der Waals surface area contributed by atoms with E-state index in [4.69, 9.17) is 5.11 Å². The lowest BCUT2D eigenvalue weighted by Crippen LogP contribution is -2.50. The molecule has 1 aliphatic rings. The van der Waals surface area contributed by atoms with Crippen LogP contribution in [0.25, 0.3) is 0 Å². The fourth-order valence-electron chi connectivity index (χ4n) is 1.55. The van der Waals surface area contributed by atoms with Crippen LogP contribution in [0.3, 0.4) is 0 Å². The van der Waals surface area contributed by atoms with E-state index in [-0.39, 0.29) is 11.9 Å². The quantitative estimate of drug-likeness (QED) is 0.825. The number of anilines is 1. The third-order valence-corrected chi connectivity index (χ3v) is 2.44. The summed E-state index contributed by atoms with van der Waals surface area (Å²) in [6.07, 6.45) is -0.285. The van der Waals surface area contributed by atoms with Gasteiger partial charge in [0.05, 0.1) is 6.10 Å². The normalized spacial score (nSPS) is 17.1. The van der Waals surface area contributed by atoms with Gasteiger partial charge in [-0.15, -0.1) is 0 Å². The fourth-order valence-corrected chi connectivity index (χ4v) is 1.68. The molecule has 6 heteroatoms. The lowest BCUT2D eigenvalue weighted by molar-refractivity contribution is -0.0892. The number of β-amino-alcohol motifs (C(OH)–C–C–N with tert-alkyl or cyclic N) is 1. The number of benzene rings is 1. The number of alkyl halides is 2. The van der Waals surface area contributed by atoms with Crippen molar-refractivity contribution in [2.75, 3.05) is 18.0 Å². The molecule has 1 saturated heterocycles. The van der Waals surface area contributed by atoms with Crippen LogP contribution < -0.4 is 9.64 Å². The van der Waals surface area contributed by atoms with E-state index in [1.165, 1.54) is 21.4 Å². The molecule has 0 amide bonds. The van der Waals surface area contributed by atoms with Crippen molar-refractivity contribution >= 4 is 14.9 Å². The molecule has 0 aromatic heterocycles. The molecule has 1 aromatic carbocycles. The Kier molecular flexibility index (Phi) is 3.00. The van der Waals surface area contributed by atoms with Crippen molar-refractivity contribution < 1.29 is 18.6 Å². The van der Waals surface area contributed by atoms with Gasteiger partial charge in [-0.1, -0.05) is 0 Å². The topological polar surface area (TPSA) is 32.7 Å². The van der Waals surface area contributed by atoms with Crippen LogP contribution in [-0.2, 0) is 0 Å². The monoisotopic (exact) mass is 247 g/mol. The summed E-state index contributed by atoms with van der Waals surface area (Å²) in [4.78, 5) is 1.95. The smallest absolute Gasteiger partial charge is 0.408 e. The predicted molar refractivity (Wildman–Crippen MR) is 59.9 cm³/mol. The highest BCUT2D eigenvalue weighted by Gasteiger charge is 2.25. The Morgan fingerprint density at radius 1 is 1.31 bits per heavy atom. The summed E-state index contributed by atoms with van der Waals surface area (Å²) < 4.78 is 29.4. The van der Waals surface area contributed by atoms with E-state index >= 15 is 0 Å². The number of hydrogen-bond donors (Lipinski definition) is 1. The maximum Gasteiger partial charge on any atom is 0.408 e. The van der Waals surface area contributed by atoms with Crippen molar-refractivity contribution in [1.82, 2.24) is 0 Å². The second-order valence-corrected chi connectivity index (χ2v) is 4.39. The van der Waals surface area contributed by atoms with Gasteiger partial charge in [-0.3, -0.25) is 0 Å². The lowest BCUT2D eigenvalue weighted by atomic mass is 10.1. The zero-order valence-corrected chi connectivity index (χ0v) is 9.59. The van der Waals surface area contributed by atoms with Crippen LogP contribution in [0, 0.1) is 0 Å². The molecular weight excluding hydrogens is 235 g/mol. The molecule has 1 heterocycles. The summed E-state index contributed by atoms with van der Waals surface area (Å²) in [7, 11) is 1.32. The van der Waals surface area contributed by atoms with E-state index in [9.17, 15) is 8.78 Å². The van der Waals surface area contributed by atoms with Crippen LogP contribution in [0.15, 0.2) is 24.3 Å². The molecule has 16 heavy (non-hydrogen) atoms. The van der Waals surface area contributed by atoms with Crippen LogP contribution in [0.4, 0.5) is 14.5 Å². The Labute approximate surface area is 94.2 Å². The summed E-state index contributed by atoms with van der Waals surface area (Å²) in [6, 6.07) is 6.35. The van der Waals surface area contributed by atoms with Gasteiger partial charge in [0.25, 0.3) is 0 Å². The number of ether oxygens (including phenoxy) is 1. The average molecular weight is 247 g/mol. The summed E-state index contributed by atoms with van der Waals surface area (Å²) >= 11 is 0. The molecule has 0 radical (unpaired) electrons. The van der Waals surface area contributed by atoms with Crippen molar-refractivity contribution in [3.05, 3.63) is 24.3 Å². The summed E-state index contributed by atoms with van der Waals surface area (Å²) in [5.41, 5.74) is 0.893. The third kappa shape index (κ3) is 2.80. The van der Waals surface area contributed by atoms with Gasteiger partial charge in [0, 0.05) is 18.8 Å². The van der Waals surface area contributed by atoms with Crippen LogP contribution in [-0.4, -0.2) is 30.1 Å². The molecule has 0 saturated carbocycles. The molecule has 3 nitrogen and oxygen atoms in total. The Morgan fingerprint density at radius 3 is 2.31 bits per heavy atom. The molecule has 88 valence electrons. The van der Waals surface area contributed by atoms with E-state index in [1.54, 1.807) is 12.1 Å². The molecule has 0 spiro atoms. The Morgan fingerprint density at radius 2 is 1.88 bits per heavy atom. The first-order valence-electron chi connectivity index (χ1n) is 4.83. The molecule has 1 atom stereocenters. The molecule has 0 bridgehead atoms. The van der Waals surface area contributed by atoms with E-state index in [0.717, 1.165) is 5.69 Å². The molecular formula is C10H12F2NO2P. The van der Waals surface area contributed by atoms with Crippen molar-refractivity contribution in [2.24, 2.45) is 0 Å². The molecule has 1 aromatic rings. The van der Waals surface area contributed by atoms with Gasteiger partial charge in [0.1, 0.15) is 5.75 Å². The minimum absolute atomic E-state index is 0.116. The number of hydrogen-bond acceptors (Lipinski definition) is 3. The van der Waals surface area contributed by atoms with Crippen molar-refractivity contribution in [1.29, 1.82) is 0 Å². The van der Waals surface area contributed by atoms with E-state index in [1.807, 2.05) is 4.90 Å². The second kappa shape index (κ2) is 4.15. The highest BCUT2D eigenvalue weighted by Crippen LogP contribution is 2.29. The summed E-state index contributed by atoms with van der Waals surface area (Å²) in [6.45, 7) is 1.17. The zero-order valence-electron chi connectivity index (χ0n) is 8.44. The molecule has 1 aliphatic heterocycles. The Balaban J connectivity index is 2.00. The highest BCUT2D eigenvalue weighted by atomic mass is 31.0. The number of aliphatic hydroxyl groups is 1. The van der Waals surface area contributed by atoms with Gasteiger partial charge in [-0.25, -0.2) is 0 Å². The fraction of sp³-hybridized carbons (Fsp3) is 0.400. The average Bonchev–Trinajstić information content (AvgIpc) is 2.12. The van der Waals surface area contributed by atoms with Crippen LogP contribution in [0.2, 0.25) is 0 Å². The zero-order chi connectivity index (χ0) is 11.8. The van der Waals surface area contributed by atoms with Crippen LogP contribution in [0.5, 0.6) is 5.75 Å². The van der Waals surface area contributed by atoms with Gasteiger partial charge in [0.2, 0.25) is 0 Å². The van der Waals surface area contributed by atoms with Crippen molar-refractivity contribution in [3.8, 4) is 5.75 Å². The standard InChI is InChI=1S/C10H12F2NO2P/c11-10(12,16)15-9-3-1-7(2-4-9)13-5-8(14)6-13/h1-4,8,14H,5-6,16H2. The minimum atomic E-state index is -3.24. The van der Waals surface area contributed by atoms with E-state index in [0.29, 0.717) is 13.1 Å².